The molecule has 0 radical (unpaired) electrons. The predicted octanol–water partition coefficient (Wildman–Crippen LogP) is 4.90. The lowest BCUT2D eigenvalue weighted by molar-refractivity contribution is -0.123. The van der Waals surface area contributed by atoms with Crippen molar-refractivity contribution in [3.8, 4) is 0 Å². The molecule has 2 bridgehead atoms. The van der Waals surface area contributed by atoms with Crippen LogP contribution in [-0.2, 0) is 10.2 Å². The number of benzene rings is 1. The molecule has 0 aromatic heterocycles. The molecule has 0 spiro atoms. The van der Waals surface area contributed by atoms with Gasteiger partial charge in [-0.1, -0.05) is 50.1 Å². The highest BCUT2D eigenvalue weighted by Gasteiger charge is 2.50. The van der Waals surface area contributed by atoms with Gasteiger partial charge >= 0.3 is 0 Å². The quantitative estimate of drug-likeness (QED) is 0.713. The molecule has 2 aliphatic carbocycles. The van der Waals surface area contributed by atoms with Gasteiger partial charge in [0, 0.05) is 13.0 Å². The lowest BCUT2D eigenvalue weighted by Crippen LogP contribution is -2.51. The SMILES string of the molecule is CC[C@@]12CCC[C@@](c3ccccc3)(CC(CCC(=O)N[C@@H]3CCNC[C@@H]3F)C1)C2. The van der Waals surface area contributed by atoms with Gasteiger partial charge in [-0.15, -0.1) is 0 Å². The monoisotopic (exact) mass is 400 g/mol. The summed E-state index contributed by atoms with van der Waals surface area (Å²) < 4.78 is 14.0. The van der Waals surface area contributed by atoms with Crippen LogP contribution in [0.3, 0.4) is 0 Å². The number of hydrogen-bond donors (Lipinski definition) is 2. The number of nitrogens with one attached hydrogen (secondary N) is 2. The maximum Gasteiger partial charge on any atom is 0.220 e. The Balaban J connectivity index is 1.42. The van der Waals surface area contributed by atoms with E-state index in [1.54, 1.807) is 0 Å². The number of alkyl halides is 1. The molecule has 3 nitrogen and oxygen atoms in total. The summed E-state index contributed by atoms with van der Waals surface area (Å²) >= 11 is 0. The third-order valence-corrected chi connectivity index (χ3v) is 8.15. The third-order valence-electron chi connectivity index (χ3n) is 8.15. The molecule has 3 fully saturated rings. The molecule has 1 aliphatic heterocycles. The zero-order chi connectivity index (χ0) is 20.3. The van der Waals surface area contributed by atoms with Crippen LogP contribution in [0, 0.1) is 11.3 Å². The van der Waals surface area contributed by atoms with Crippen LogP contribution in [-0.4, -0.2) is 31.2 Å². The molecule has 4 rings (SSSR count). The molecule has 1 amide bonds. The Bertz CT molecular complexity index is 695. The van der Waals surface area contributed by atoms with Crippen molar-refractivity contribution in [3.05, 3.63) is 35.9 Å². The van der Waals surface area contributed by atoms with Crippen LogP contribution in [0.2, 0.25) is 0 Å². The number of amides is 1. The summed E-state index contributed by atoms with van der Waals surface area (Å²) in [5.41, 5.74) is 2.22. The van der Waals surface area contributed by atoms with Crippen molar-refractivity contribution in [3.63, 3.8) is 0 Å². The molecule has 1 heterocycles. The zero-order valence-corrected chi connectivity index (χ0v) is 17.9. The van der Waals surface area contributed by atoms with E-state index in [2.05, 4.69) is 47.9 Å². The van der Waals surface area contributed by atoms with Crippen LogP contribution in [0.25, 0.3) is 0 Å². The van der Waals surface area contributed by atoms with Crippen molar-refractivity contribution in [2.24, 2.45) is 11.3 Å². The van der Waals surface area contributed by atoms with Crippen molar-refractivity contribution in [1.82, 2.24) is 10.6 Å². The van der Waals surface area contributed by atoms with Gasteiger partial charge in [0.2, 0.25) is 5.91 Å². The fraction of sp³-hybridized carbons (Fsp3) is 0.720. The molecule has 2 saturated carbocycles. The summed E-state index contributed by atoms with van der Waals surface area (Å²) in [6, 6.07) is 10.8. The van der Waals surface area contributed by atoms with E-state index in [0.717, 1.165) is 13.0 Å². The van der Waals surface area contributed by atoms with Gasteiger partial charge in [-0.3, -0.25) is 4.79 Å². The van der Waals surface area contributed by atoms with Gasteiger partial charge in [0.05, 0.1) is 6.04 Å². The predicted molar refractivity (Wildman–Crippen MR) is 116 cm³/mol. The summed E-state index contributed by atoms with van der Waals surface area (Å²) in [4.78, 5) is 12.5. The van der Waals surface area contributed by atoms with Crippen molar-refractivity contribution in [1.29, 1.82) is 0 Å². The van der Waals surface area contributed by atoms with Crippen molar-refractivity contribution in [2.45, 2.75) is 88.8 Å². The van der Waals surface area contributed by atoms with Gasteiger partial charge in [0.15, 0.2) is 0 Å². The van der Waals surface area contributed by atoms with Gasteiger partial charge in [-0.2, -0.15) is 0 Å². The summed E-state index contributed by atoms with van der Waals surface area (Å²) in [5, 5.41) is 6.02. The van der Waals surface area contributed by atoms with E-state index in [-0.39, 0.29) is 17.4 Å². The lowest BCUT2D eigenvalue weighted by Gasteiger charge is -2.55. The molecule has 1 aromatic carbocycles. The maximum absolute atomic E-state index is 14.0. The number of carbonyl (C=O) groups excluding carboxylic acids is 1. The minimum absolute atomic E-state index is 0.0367. The molecule has 2 N–H and O–H groups in total. The molecular weight excluding hydrogens is 363 g/mol. The first kappa shape index (κ1) is 20.8. The van der Waals surface area contributed by atoms with Crippen LogP contribution >= 0.6 is 0 Å². The highest BCUT2D eigenvalue weighted by molar-refractivity contribution is 5.76. The average Bonchev–Trinajstić information content (AvgIpc) is 2.74. The Morgan fingerprint density at radius 2 is 2.07 bits per heavy atom. The second kappa shape index (κ2) is 8.75. The lowest BCUT2D eigenvalue weighted by atomic mass is 9.49. The summed E-state index contributed by atoms with van der Waals surface area (Å²) in [5.74, 6) is 0.624. The highest BCUT2D eigenvalue weighted by atomic mass is 19.1. The van der Waals surface area contributed by atoms with Crippen molar-refractivity contribution >= 4 is 5.91 Å². The molecule has 5 atom stereocenters. The van der Waals surface area contributed by atoms with Crippen molar-refractivity contribution in [2.75, 3.05) is 13.1 Å². The minimum Gasteiger partial charge on any atom is -0.350 e. The Labute approximate surface area is 175 Å². The van der Waals surface area contributed by atoms with E-state index in [9.17, 15) is 9.18 Å². The van der Waals surface area contributed by atoms with E-state index >= 15 is 0 Å². The Hall–Kier alpha value is -1.42. The van der Waals surface area contributed by atoms with Crippen molar-refractivity contribution < 1.29 is 9.18 Å². The Kier molecular flexibility index (Phi) is 6.29. The smallest absolute Gasteiger partial charge is 0.220 e. The Morgan fingerprint density at radius 3 is 2.83 bits per heavy atom. The topological polar surface area (TPSA) is 41.1 Å². The molecule has 1 aromatic rings. The number of carbonyl (C=O) groups is 1. The first-order valence-corrected chi connectivity index (χ1v) is 11.7. The largest absolute Gasteiger partial charge is 0.350 e. The second-order valence-corrected chi connectivity index (χ2v) is 10.0. The fourth-order valence-corrected chi connectivity index (χ4v) is 6.69. The molecule has 160 valence electrons. The minimum atomic E-state index is -0.966. The van der Waals surface area contributed by atoms with E-state index in [1.807, 2.05) is 0 Å². The fourth-order valence-electron chi connectivity index (χ4n) is 6.69. The van der Waals surface area contributed by atoms with E-state index in [0.29, 0.717) is 30.7 Å². The summed E-state index contributed by atoms with van der Waals surface area (Å²) in [7, 11) is 0. The van der Waals surface area contributed by atoms with E-state index in [4.69, 9.17) is 0 Å². The molecule has 4 heteroatoms. The molecular formula is C25H37FN2O. The highest BCUT2D eigenvalue weighted by Crippen LogP contribution is 2.60. The molecule has 29 heavy (non-hydrogen) atoms. The number of hydrogen-bond acceptors (Lipinski definition) is 2. The van der Waals surface area contributed by atoms with Crippen LogP contribution in [0.1, 0.15) is 76.7 Å². The van der Waals surface area contributed by atoms with Gasteiger partial charge in [0.25, 0.3) is 0 Å². The molecule has 1 saturated heterocycles. The number of rotatable bonds is 6. The summed E-state index contributed by atoms with van der Waals surface area (Å²) in [6.07, 6.45) is 10.1. The zero-order valence-electron chi connectivity index (χ0n) is 17.9. The molecule has 3 aliphatic rings. The first-order chi connectivity index (χ1) is 14.0. The third kappa shape index (κ3) is 4.52. The van der Waals surface area contributed by atoms with Crippen LogP contribution in [0.15, 0.2) is 30.3 Å². The summed E-state index contributed by atoms with van der Waals surface area (Å²) in [6.45, 7) is 3.49. The van der Waals surface area contributed by atoms with Gasteiger partial charge < -0.3 is 10.6 Å². The van der Waals surface area contributed by atoms with Crippen LogP contribution < -0.4 is 10.6 Å². The number of piperidine rings is 1. The van der Waals surface area contributed by atoms with Gasteiger partial charge in [-0.05, 0) is 73.8 Å². The van der Waals surface area contributed by atoms with E-state index < -0.39 is 6.17 Å². The van der Waals surface area contributed by atoms with Gasteiger partial charge in [-0.25, -0.2) is 4.39 Å². The normalized spacial score (nSPS) is 37.1. The van der Waals surface area contributed by atoms with E-state index in [1.165, 1.54) is 50.5 Å². The van der Waals surface area contributed by atoms with Crippen LogP contribution in [0.4, 0.5) is 4.39 Å². The second-order valence-electron chi connectivity index (χ2n) is 10.0. The number of halogens is 1. The average molecular weight is 401 g/mol. The maximum atomic E-state index is 14.0. The van der Waals surface area contributed by atoms with Crippen LogP contribution in [0.5, 0.6) is 0 Å². The Morgan fingerprint density at radius 1 is 1.24 bits per heavy atom. The molecule has 1 unspecified atom stereocenters. The standard InChI is InChI=1S/C25H37FN2O/c1-2-24-12-6-13-25(18-24,20-7-4-3-5-8-20)16-19(15-24)9-10-23(29)28-22-11-14-27-17-21(22)26/h3-5,7-8,19,21-22,27H,2,6,9-18H2,1H3,(H,28,29)/t19?,21-,22+,24+,25+/m0/s1. The van der Waals surface area contributed by atoms with Gasteiger partial charge in [0.1, 0.15) is 6.17 Å². The number of fused-ring (bicyclic) bond motifs is 2. The first-order valence-electron chi connectivity index (χ1n) is 11.7.